The number of nitrogens with zero attached hydrogens (tertiary/aromatic N) is 5. The molecule has 4 aromatic rings. The summed E-state index contributed by atoms with van der Waals surface area (Å²) in [7, 11) is -4.15. The Kier molecular flexibility index (Phi) is 10.3. The lowest BCUT2D eigenvalue weighted by molar-refractivity contribution is -0.153. The van der Waals surface area contributed by atoms with Crippen molar-refractivity contribution in [2.45, 2.75) is 70.7 Å². The molecule has 0 spiro atoms. The van der Waals surface area contributed by atoms with Gasteiger partial charge in [0.1, 0.15) is 29.4 Å². The SMILES string of the molecule is CC(C)(C)OC(=O)CN(C(=O)OC(C)(C)C)c1cccc(CN(Cc2ccc(-n3cccn3)cc2)S(=O)(=O)c2ccc(F)cc2)n1. The van der Waals surface area contributed by atoms with E-state index in [1.807, 2.05) is 12.1 Å². The van der Waals surface area contributed by atoms with Crippen molar-refractivity contribution in [2.75, 3.05) is 11.4 Å². The zero-order chi connectivity index (χ0) is 33.7. The summed E-state index contributed by atoms with van der Waals surface area (Å²) in [6.45, 7) is 9.49. The Balaban J connectivity index is 1.68. The number of pyridine rings is 1. The van der Waals surface area contributed by atoms with Crippen molar-refractivity contribution in [1.29, 1.82) is 0 Å². The molecule has 4 rings (SSSR count). The highest BCUT2D eigenvalue weighted by molar-refractivity contribution is 7.89. The first-order chi connectivity index (χ1) is 21.5. The summed E-state index contributed by atoms with van der Waals surface area (Å²) in [5, 5.41) is 4.21. The smallest absolute Gasteiger partial charge is 0.416 e. The van der Waals surface area contributed by atoms with Crippen LogP contribution in [0.15, 0.2) is 90.1 Å². The number of hydrogen-bond acceptors (Lipinski definition) is 8. The van der Waals surface area contributed by atoms with Gasteiger partial charge in [-0.25, -0.2) is 27.3 Å². The van der Waals surface area contributed by atoms with Crippen LogP contribution < -0.4 is 4.90 Å². The van der Waals surface area contributed by atoms with Crippen LogP contribution in [0.4, 0.5) is 15.0 Å². The van der Waals surface area contributed by atoms with Gasteiger partial charge in [0, 0.05) is 18.9 Å². The van der Waals surface area contributed by atoms with Crippen molar-refractivity contribution in [2.24, 2.45) is 0 Å². The van der Waals surface area contributed by atoms with E-state index in [1.165, 1.54) is 22.5 Å². The second-order valence-electron chi connectivity index (χ2n) is 12.5. The zero-order valence-electron chi connectivity index (χ0n) is 26.7. The summed E-state index contributed by atoms with van der Waals surface area (Å²) >= 11 is 0. The van der Waals surface area contributed by atoms with Gasteiger partial charge in [-0.2, -0.15) is 9.40 Å². The molecule has 0 unspecified atom stereocenters. The topological polar surface area (TPSA) is 124 Å². The lowest BCUT2D eigenvalue weighted by atomic mass is 10.2. The van der Waals surface area contributed by atoms with Gasteiger partial charge in [-0.05, 0) is 102 Å². The summed E-state index contributed by atoms with van der Waals surface area (Å²) in [5.74, 6) is -1.17. The van der Waals surface area contributed by atoms with E-state index >= 15 is 0 Å². The van der Waals surface area contributed by atoms with Gasteiger partial charge < -0.3 is 9.47 Å². The molecule has 2 heterocycles. The van der Waals surface area contributed by atoms with E-state index in [-0.39, 0.29) is 29.5 Å². The molecule has 0 radical (unpaired) electrons. The number of carbonyl (C=O) groups is 2. The minimum Gasteiger partial charge on any atom is -0.459 e. The molecule has 0 aliphatic rings. The molecule has 244 valence electrons. The van der Waals surface area contributed by atoms with Crippen molar-refractivity contribution in [1.82, 2.24) is 19.1 Å². The first-order valence-electron chi connectivity index (χ1n) is 14.5. The van der Waals surface area contributed by atoms with Gasteiger partial charge in [0.25, 0.3) is 0 Å². The number of halogens is 1. The van der Waals surface area contributed by atoms with Gasteiger partial charge >= 0.3 is 12.1 Å². The number of hydrogen-bond donors (Lipinski definition) is 0. The molecule has 46 heavy (non-hydrogen) atoms. The molecule has 0 aliphatic carbocycles. The molecular formula is C33H38FN5O6S. The Hall–Kier alpha value is -4.62. The molecule has 0 N–H and O–H groups in total. The molecule has 0 saturated heterocycles. The maximum atomic E-state index is 13.9. The fraction of sp³-hybridized carbons (Fsp3) is 0.333. The third-order valence-corrected chi connectivity index (χ3v) is 8.05. The molecule has 1 amide bonds. The molecule has 0 fully saturated rings. The lowest BCUT2D eigenvalue weighted by Crippen LogP contribution is -2.42. The lowest BCUT2D eigenvalue weighted by Gasteiger charge is -2.28. The van der Waals surface area contributed by atoms with Crippen LogP contribution in [0.2, 0.25) is 0 Å². The van der Waals surface area contributed by atoms with Crippen molar-refractivity contribution in [3.8, 4) is 5.69 Å². The Morgan fingerprint density at radius 2 is 1.50 bits per heavy atom. The van der Waals surface area contributed by atoms with Gasteiger partial charge in [-0.15, -0.1) is 0 Å². The van der Waals surface area contributed by atoms with Crippen LogP contribution in [0, 0.1) is 5.82 Å². The minimum atomic E-state index is -4.15. The van der Waals surface area contributed by atoms with Crippen LogP contribution in [-0.4, -0.2) is 57.3 Å². The summed E-state index contributed by atoms with van der Waals surface area (Å²) in [4.78, 5) is 31.5. The number of anilines is 1. The fourth-order valence-corrected chi connectivity index (χ4v) is 5.71. The van der Waals surface area contributed by atoms with Gasteiger partial charge in [0.15, 0.2) is 0 Å². The predicted molar refractivity (Wildman–Crippen MR) is 170 cm³/mol. The monoisotopic (exact) mass is 651 g/mol. The molecule has 0 saturated carbocycles. The van der Waals surface area contributed by atoms with Gasteiger partial charge in [0.05, 0.1) is 22.8 Å². The van der Waals surface area contributed by atoms with Crippen LogP contribution in [0.1, 0.15) is 52.8 Å². The van der Waals surface area contributed by atoms with Crippen molar-refractivity contribution >= 4 is 27.9 Å². The number of ether oxygens (including phenoxy) is 2. The third-order valence-electron chi connectivity index (χ3n) is 6.24. The zero-order valence-corrected chi connectivity index (χ0v) is 27.5. The fourth-order valence-electron chi connectivity index (χ4n) is 4.31. The number of esters is 1. The van der Waals surface area contributed by atoms with Crippen LogP contribution in [0.3, 0.4) is 0 Å². The standard InChI is InChI=1S/C33H38FN5O6S/c1-32(2,3)44-30(40)23-38(31(41)45-33(4,5)6)29-10-7-9-26(36-29)22-37(46(42,43)28-17-13-25(34)14-18-28)21-24-11-15-27(16-12-24)39-20-8-19-35-39/h7-20H,21-23H2,1-6H3. The number of amides is 1. The summed E-state index contributed by atoms with van der Waals surface area (Å²) in [6, 6.07) is 18.3. The van der Waals surface area contributed by atoms with Crippen LogP contribution >= 0.6 is 0 Å². The molecule has 11 nitrogen and oxygen atoms in total. The van der Waals surface area contributed by atoms with Gasteiger partial charge in [-0.1, -0.05) is 18.2 Å². The first kappa shape index (κ1) is 34.3. The van der Waals surface area contributed by atoms with Crippen LogP contribution in [0.25, 0.3) is 5.69 Å². The van der Waals surface area contributed by atoms with Crippen molar-refractivity contribution in [3.05, 3.63) is 102 Å². The second kappa shape index (κ2) is 13.8. The van der Waals surface area contributed by atoms with E-state index in [2.05, 4.69) is 10.1 Å². The van der Waals surface area contributed by atoms with Gasteiger partial charge in [0.2, 0.25) is 10.0 Å². The normalized spacial score (nSPS) is 12.2. The van der Waals surface area contributed by atoms with Crippen LogP contribution in [0.5, 0.6) is 0 Å². The maximum Gasteiger partial charge on any atom is 0.416 e. The maximum absolute atomic E-state index is 13.9. The van der Waals surface area contributed by atoms with Crippen molar-refractivity contribution in [3.63, 3.8) is 0 Å². The Bertz CT molecular complexity index is 1750. The van der Waals surface area contributed by atoms with E-state index in [4.69, 9.17) is 9.47 Å². The number of rotatable bonds is 10. The number of carbonyl (C=O) groups excluding carboxylic acids is 2. The molecule has 0 bridgehead atoms. The highest BCUT2D eigenvalue weighted by atomic mass is 32.2. The third kappa shape index (κ3) is 9.44. The highest BCUT2D eigenvalue weighted by Gasteiger charge is 2.30. The molecule has 2 aromatic heterocycles. The second-order valence-corrected chi connectivity index (χ2v) is 14.4. The highest BCUT2D eigenvalue weighted by Crippen LogP contribution is 2.24. The van der Waals surface area contributed by atoms with E-state index < -0.39 is 45.6 Å². The quantitative estimate of drug-likeness (QED) is 0.195. The summed E-state index contributed by atoms with van der Waals surface area (Å²) in [5.41, 5.74) is 0.0986. The minimum absolute atomic E-state index is 0.0430. The molecule has 0 aliphatic heterocycles. The number of sulfonamides is 1. The Morgan fingerprint density at radius 1 is 0.848 bits per heavy atom. The van der Waals surface area contributed by atoms with E-state index in [9.17, 15) is 22.4 Å². The predicted octanol–water partition coefficient (Wildman–Crippen LogP) is 5.88. The Morgan fingerprint density at radius 3 is 2.09 bits per heavy atom. The average Bonchev–Trinajstić information content (AvgIpc) is 3.50. The number of benzene rings is 2. The molecular weight excluding hydrogens is 613 g/mol. The van der Waals surface area contributed by atoms with Crippen LogP contribution in [-0.2, 0) is 37.4 Å². The van der Waals surface area contributed by atoms with E-state index in [1.54, 1.807) is 88.9 Å². The summed E-state index contributed by atoms with van der Waals surface area (Å²) < 4.78 is 55.3. The Labute approximate surface area is 268 Å². The number of aromatic nitrogens is 3. The van der Waals surface area contributed by atoms with Gasteiger partial charge in [-0.3, -0.25) is 9.69 Å². The summed E-state index contributed by atoms with van der Waals surface area (Å²) in [6.07, 6.45) is 2.63. The van der Waals surface area contributed by atoms with E-state index in [0.717, 1.165) is 22.7 Å². The average molecular weight is 652 g/mol. The molecule has 13 heteroatoms. The molecule has 0 atom stereocenters. The van der Waals surface area contributed by atoms with E-state index in [0.29, 0.717) is 5.56 Å². The largest absolute Gasteiger partial charge is 0.459 e. The van der Waals surface area contributed by atoms with Crippen molar-refractivity contribution < 1.29 is 31.9 Å². The first-order valence-corrected chi connectivity index (χ1v) is 16.0. The molecule has 2 aromatic carbocycles.